The molecule has 0 saturated carbocycles. The van der Waals surface area contributed by atoms with Crippen molar-refractivity contribution in [2.75, 3.05) is 29.8 Å². The second kappa shape index (κ2) is 16.5. The van der Waals surface area contributed by atoms with Gasteiger partial charge in [-0.1, -0.05) is 13.8 Å². The van der Waals surface area contributed by atoms with Crippen LogP contribution in [0, 0.1) is 5.92 Å². The molecule has 0 radical (unpaired) electrons. The molecule has 0 rings (SSSR count). The zero-order valence-electron chi connectivity index (χ0n) is 18.6. The number of nitrogens with two attached hydrogens (primary N) is 1. The minimum Gasteiger partial charge on any atom is -0.480 e. The Balaban J connectivity index is 5.30. The van der Waals surface area contributed by atoms with Crippen LogP contribution in [0.2, 0.25) is 0 Å². The predicted octanol–water partition coefficient (Wildman–Crippen LogP) is 0.335. The number of carbonyl (C=O) groups is 4. The molecule has 180 valence electrons. The highest BCUT2D eigenvalue weighted by molar-refractivity contribution is 7.98. The lowest BCUT2D eigenvalue weighted by molar-refractivity contribution is -0.141. The van der Waals surface area contributed by atoms with E-state index in [0.717, 1.165) is 0 Å². The van der Waals surface area contributed by atoms with Crippen molar-refractivity contribution in [3.05, 3.63) is 0 Å². The quantitative estimate of drug-likeness (QED) is 0.167. The summed E-state index contributed by atoms with van der Waals surface area (Å²) in [4.78, 5) is 49.1. The van der Waals surface area contributed by atoms with Gasteiger partial charge >= 0.3 is 5.97 Å². The second-order valence-corrected chi connectivity index (χ2v) is 9.84. The minimum absolute atomic E-state index is 0.0790. The van der Waals surface area contributed by atoms with Crippen molar-refractivity contribution >= 4 is 59.8 Å². The van der Waals surface area contributed by atoms with Crippen molar-refractivity contribution < 1.29 is 24.3 Å². The number of nitrogens with one attached hydrogen (secondary N) is 3. The maximum atomic E-state index is 12.9. The molecule has 3 amide bonds. The Labute approximate surface area is 198 Å². The topological polar surface area (TPSA) is 151 Å². The highest BCUT2D eigenvalue weighted by atomic mass is 32.2. The highest BCUT2D eigenvalue weighted by Crippen LogP contribution is 2.07. The van der Waals surface area contributed by atoms with Crippen LogP contribution in [0.1, 0.15) is 33.1 Å². The maximum absolute atomic E-state index is 12.9. The summed E-state index contributed by atoms with van der Waals surface area (Å²) in [5.41, 5.74) is 5.93. The van der Waals surface area contributed by atoms with Crippen molar-refractivity contribution in [3.63, 3.8) is 0 Å². The van der Waals surface area contributed by atoms with Gasteiger partial charge in [0.25, 0.3) is 0 Å². The number of thiol groups is 1. The number of rotatable bonds is 16. The van der Waals surface area contributed by atoms with Crippen LogP contribution in [0.4, 0.5) is 0 Å². The number of carbonyl (C=O) groups excluding carboxylic acids is 3. The van der Waals surface area contributed by atoms with Crippen LogP contribution in [-0.4, -0.2) is 82.7 Å². The molecule has 4 atom stereocenters. The van der Waals surface area contributed by atoms with Crippen molar-refractivity contribution in [1.82, 2.24) is 16.0 Å². The van der Waals surface area contributed by atoms with Gasteiger partial charge in [-0.05, 0) is 49.2 Å². The van der Waals surface area contributed by atoms with Crippen molar-refractivity contribution in [2.45, 2.75) is 57.3 Å². The van der Waals surface area contributed by atoms with Gasteiger partial charge in [-0.25, -0.2) is 4.79 Å². The summed E-state index contributed by atoms with van der Waals surface area (Å²) in [6.45, 7) is 3.91. The van der Waals surface area contributed by atoms with Gasteiger partial charge in [-0.3, -0.25) is 14.4 Å². The molecule has 0 spiro atoms. The van der Waals surface area contributed by atoms with Gasteiger partial charge in [-0.2, -0.15) is 36.2 Å². The molecule has 0 aromatic heterocycles. The molecule has 0 fully saturated rings. The number of carboxylic acid groups (broad SMARTS) is 1. The average molecular weight is 497 g/mol. The van der Waals surface area contributed by atoms with Crippen LogP contribution in [-0.2, 0) is 19.2 Å². The van der Waals surface area contributed by atoms with Crippen LogP contribution in [0.5, 0.6) is 0 Å². The summed E-state index contributed by atoms with van der Waals surface area (Å²) in [6, 6.07) is -3.67. The molecule has 0 aliphatic carbocycles. The van der Waals surface area contributed by atoms with Crippen LogP contribution in [0.3, 0.4) is 0 Å². The first-order valence-corrected chi connectivity index (χ1v) is 13.5. The SMILES string of the molecule is CSCCC(NC(=O)C(N)CC(C)C)C(=O)NC(CCSC)C(=O)NC(CS)C(=O)O. The summed E-state index contributed by atoms with van der Waals surface area (Å²) >= 11 is 6.96. The van der Waals surface area contributed by atoms with E-state index in [1.54, 1.807) is 0 Å². The average Bonchev–Trinajstić information content (AvgIpc) is 2.70. The summed E-state index contributed by atoms with van der Waals surface area (Å²) in [6.07, 6.45) is 4.93. The lowest BCUT2D eigenvalue weighted by atomic mass is 10.0. The molecule has 0 aromatic carbocycles. The number of hydrogen-bond acceptors (Lipinski definition) is 8. The highest BCUT2D eigenvalue weighted by Gasteiger charge is 2.29. The summed E-state index contributed by atoms with van der Waals surface area (Å²) in [7, 11) is 0. The molecule has 0 heterocycles. The molecule has 0 bridgehead atoms. The van der Waals surface area contributed by atoms with Crippen molar-refractivity contribution in [1.29, 1.82) is 0 Å². The standard InChI is InChI=1S/C19H36N4O5S3/c1-11(2)9-12(20)16(24)21-13(5-7-30-3)17(25)22-14(6-8-31-4)18(26)23-15(10-29)19(27)28/h11-15,29H,5-10,20H2,1-4H3,(H,21,24)(H,22,25)(H,23,26)(H,27,28). The van der Waals surface area contributed by atoms with Crippen LogP contribution in [0.15, 0.2) is 0 Å². The van der Waals surface area contributed by atoms with Crippen LogP contribution < -0.4 is 21.7 Å². The number of hydrogen-bond donors (Lipinski definition) is 6. The number of thioether (sulfide) groups is 2. The van der Waals surface area contributed by atoms with E-state index in [9.17, 15) is 19.2 Å². The Morgan fingerprint density at radius 3 is 1.65 bits per heavy atom. The molecule has 0 saturated heterocycles. The fourth-order valence-corrected chi connectivity index (χ4v) is 3.82. The first kappa shape index (κ1) is 29.9. The molecule has 6 N–H and O–H groups in total. The first-order chi connectivity index (χ1) is 14.6. The fraction of sp³-hybridized carbons (Fsp3) is 0.789. The molecule has 4 unspecified atom stereocenters. The molecular weight excluding hydrogens is 460 g/mol. The van der Waals surface area contributed by atoms with Crippen molar-refractivity contribution in [2.24, 2.45) is 11.7 Å². The van der Waals surface area contributed by atoms with Gasteiger partial charge in [0.05, 0.1) is 6.04 Å². The third-order valence-corrected chi connectivity index (χ3v) is 6.00. The van der Waals surface area contributed by atoms with Gasteiger partial charge in [0, 0.05) is 5.75 Å². The molecule has 9 nitrogen and oxygen atoms in total. The number of amides is 3. The monoisotopic (exact) mass is 496 g/mol. The molecule has 0 aromatic rings. The Bertz CT molecular complexity index is 595. The second-order valence-electron chi connectivity index (χ2n) is 7.50. The largest absolute Gasteiger partial charge is 0.480 e. The van der Waals surface area contributed by atoms with Crippen molar-refractivity contribution in [3.8, 4) is 0 Å². The van der Waals surface area contributed by atoms with E-state index in [2.05, 4.69) is 28.6 Å². The summed E-state index contributed by atoms with van der Waals surface area (Å²) in [5, 5.41) is 16.9. The summed E-state index contributed by atoms with van der Waals surface area (Å²) < 4.78 is 0. The normalized spacial score (nSPS) is 14.9. The lowest BCUT2D eigenvalue weighted by Crippen LogP contribution is -2.57. The molecule has 31 heavy (non-hydrogen) atoms. The molecule has 12 heteroatoms. The van der Waals surface area contributed by atoms with Crippen LogP contribution >= 0.6 is 36.2 Å². The van der Waals surface area contributed by atoms with Gasteiger partial charge in [0.15, 0.2) is 0 Å². The van der Waals surface area contributed by atoms with Gasteiger partial charge in [-0.15, -0.1) is 0 Å². The van der Waals surface area contributed by atoms with E-state index in [1.807, 2.05) is 26.4 Å². The van der Waals surface area contributed by atoms with Gasteiger partial charge < -0.3 is 26.8 Å². The van der Waals surface area contributed by atoms with E-state index < -0.39 is 47.9 Å². The van der Waals surface area contributed by atoms with E-state index in [1.165, 1.54) is 23.5 Å². The third-order valence-electron chi connectivity index (χ3n) is 4.35. The maximum Gasteiger partial charge on any atom is 0.327 e. The van der Waals surface area contributed by atoms with E-state index in [4.69, 9.17) is 10.8 Å². The Morgan fingerprint density at radius 1 is 0.871 bits per heavy atom. The number of carboxylic acids is 1. The smallest absolute Gasteiger partial charge is 0.327 e. The molecular formula is C19H36N4O5S3. The lowest BCUT2D eigenvalue weighted by Gasteiger charge is -2.25. The van der Waals surface area contributed by atoms with E-state index in [-0.39, 0.29) is 11.7 Å². The molecule has 0 aliphatic heterocycles. The van der Waals surface area contributed by atoms with Gasteiger partial charge in [0.1, 0.15) is 18.1 Å². The fourth-order valence-electron chi connectivity index (χ4n) is 2.63. The Morgan fingerprint density at radius 2 is 1.29 bits per heavy atom. The predicted molar refractivity (Wildman–Crippen MR) is 131 cm³/mol. The minimum atomic E-state index is -1.21. The molecule has 0 aliphatic rings. The zero-order chi connectivity index (χ0) is 24.0. The van der Waals surface area contributed by atoms with Gasteiger partial charge in [0.2, 0.25) is 17.7 Å². The Kier molecular flexibility index (Phi) is 15.9. The van der Waals surface area contributed by atoms with Crippen LogP contribution in [0.25, 0.3) is 0 Å². The Hall–Kier alpha value is -1.11. The number of aliphatic carboxylic acids is 1. The van der Waals surface area contributed by atoms with E-state index >= 15 is 0 Å². The zero-order valence-corrected chi connectivity index (χ0v) is 21.1. The first-order valence-electron chi connectivity index (χ1n) is 10.1. The van der Waals surface area contributed by atoms with E-state index in [0.29, 0.717) is 30.8 Å². The summed E-state index contributed by atoms with van der Waals surface area (Å²) in [5.74, 6) is -1.37. The third kappa shape index (κ3) is 12.5.